The molecule has 1 aliphatic heterocycles. The Labute approximate surface area is 189 Å². The van der Waals surface area contributed by atoms with Gasteiger partial charge in [-0.15, -0.1) is 5.10 Å². The molecule has 0 radical (unpaired) electrons. The predicted molar refractivity (Wildman–Crippen MR) is 116 cm³/mol. The molecule has 10 heteroatoms. The molecule has 1 fully saturated rings. The molecule has 0 bridgehead atoms. The zero-order valence-electron chi connectivity index (χ0n) is 17.9. The van der Waals surface area contributed by atoms with E-state index in [4.69, 9.17) is 5.26 Å². The van der Waals surface area contributed by atoms with Crippen LogP contribution in [-0.2, 0) is 23.3 Å². The summed E-state index contributed by atoms with van der Waals surface area (Å²) in [6, 6.07) is 8.66. The number of aromatic nitrogens is 4. The number of nitrogens with zero attached hydrogens (tertiary/aromatic N) is 4. The second kappa shape index (κ2) is 7.70. The second-order valence-electron chi connectivity index (χ2n) is 8.42. The minimum Gasteiger partial charge on any atom is -0.340 e. The van der Waals surface area contributed by atoms with Crippen molar-refractivity contribution in [3.05, 3.63) is 64.2 Å². The maximum absolute atomic E-state index is 13.2. The lowest BCUT2D eigenvalue weighted by Crippen LogP contribution is -2.40. The number of fused-ring (bicyclic) bond motifs is 1. The molecule has 1 aromatic carbocycles. The van der Waals surface area contributed by atoms with Gasteiger partial charge in [0, 0.05) is 24.1 Å². The number of carbonyl (C=O) groups is 3. The van der Waals surface area contributed by atoms with Gasteiger partial charge >= 0.3 is 0 Å². The van der Waals surface area contributed by atoms with Gasteiger partial charge in [0.25, 0.3) is 17.6 Å². The zero-order chi connectivity index (χ0) is 23.2. The second-order valence-corrected chi connectivity index (χ2v) is 8.42. The highest BCUT2D eigenvalue weighted by atomic mass is 16.2. The predicted octanol–water partition coefficient (Wildman–Crippen LogP) is 1.97. The van der Waals surface area contributed by atoms with Crippen molar-refractivity contribution in [3.63, 3.8) is 0 Å². The van der Waals surface area contributed by atoms with Crippen LogP contribution in [-0.4, -0.2) is 37.6 Å². The molecular weight excluding hydrogens is 422 g/mol. The van der Waals surface area contributed by atoms with Crippen molar-refractivity contribution < 1.29 is 14.4 Å². The van der Waals surface area contributed by atoms with E-state index in [-0.39, 0.29) is 11.5 Å². The summed E-state index contributed by atoms with van der Waals surface area (Å²) in [5, 5.41) is 25.0. The van der Waals surface area contributed by atoms with Crippen LogP contribution in [0.25, 0.3) is 0 Å². The lowest BCUT2D eigenvalue weighted by molar-refractivity contribution is -0.118. The summed E-state index contributed by atoms with van der Waals surface area (Å²) >= 11 is 0. The third kappa shape index (κ3) is 3.47. The van der Waals surface area contributed by atoms with E-state index in [1.54, 1.807) is 37.4 Å². The SMILES string of the molecule is Cc1c(C(=O)C(=O)NC2(c3c[nH]nn3)CC2)c2n(c1C(=O)Nc1cccc(C#N)c1)CCC2. The summed E-state index contributed by atoms with van der Waals surface area (Å²) in [5.74, 6) is -1.75. The van der Waals surface area contributed by atoms with Gasteiger partial charge in [0.15, 0.2) is 0 Å². The molecule has 3 N–H and O–H groups in total. The quantitative estimate of drug-likeness (QED) is 0.392. The molecule has 0 atom stereocenters. The number of ketones is 1. The van der Waals surface area contributed by atoms with E-state index in [0.29, 0.717) is 59.7 Å². The largest absolute Gasteiger partial charge is 0.340 e. The summed E-state index contributed by atoms with van der Waals surface area (Å²) in [5.41, 5.74) is 2.68. The van der Waals surface area contributed by atoms with Gasteiger partial charge < -0.3 is 15.2 Å². The number of anilines is 1. The van der Waals surface area contributed by atoms with E-state index in [9.17, 15) is 14.4 Å². The molecule has 1 saturated carbocycles. The number of benzene rings is 1. The molecule has 10 nitrogen and oxygen atoms in total. The normalized spacial score (nSPS) is 15.4. The molecule has 2 aliphatic rings. The number of hydrogen-bond acceptors (Lipinski definition) is 6. The zero-order valence-corrected chi connectivity index (χ0v) is 17.9. The van der Waals surface area contributed by atoms with Crippen LogP contribution in [0.2, 0.25) is 0 Å². The van der Waals surface area contributed by atoms with Gasteiger partial charge in [-0.1, -0.05) is 11.3 Å². The molecule has 0 unspecified atom stereocenters. The van der Waals surface area contributed by atoms with Crippen molar-refractivity contribution in [2.75, 3.05) is 5.32 Å². The molecule has 33 heavy (non-hydrogen) atoms. The monoisotopic (exact) mass is 443 g/mol. The third-order valence-electron chi connectivity index (χ3n) is 6.32. The molecule has 3 aromatic rings. The van der Waals surface area contributed by atoms with Crippen molar-refractivity contribution in [2.45, 2.75) is 44.7 Å². The van der Waals surface area contributed by atoms with E-state index < -0.39 is 17.2 Å². The molecule has 2 aromatic heterocycles. The lowest BCUT2D eigenvalue weighted by Gasteiger charge is -2.14. The lowest BCUT2D eigenvalue weighted by atomic mass is 10.0. The van der Waals surface area contributed by atoms with E-state index in [0.717, 1.165) is 6.42 Å². The molecule has 3 heterocycles. The van der Waals surface area contributed by atoms with Gasteiger partial charge in [0.2, 0.25) is 0 Å². The number of Topliss-reactive ketones (excluding diaryl/α,β-unsaturated/α-hetero) is 1. The highest BCUT2D eigenvalue weighted by Crippen LogP contribution is 2.44. The van der Waals surface area contributed by atoms with Gasteiger partial charge in [-0.2, -0.15) is 5.26 Å². The first kappa shape index (κ1) is 20.6. The smallest absolute Gasteiger partial charge is 0.293 e. The Bertz CT molecular complexity index is 1330. The Hall–Kier alpha value is -4.26. The molecule has 2 amide bonds. The number of nitriles is 1. The summed E-state index contributed by atoms with van der Waals surface area (Å²) in [7, 11) is 0. The molecular formula is C23H21N7O3. The van der Waals surface area contributed by atoms with E-state index in [1.165, 1.54) is 0 Å². The Balaban J connectivity index is 1.43. The van der Waals surface area contributed by atoms with Crippen molar-refractivity contribution >= 4 is 23.3 Å². The summed E-state index contributed by atoms with van der Waals surface area (Å²) in [6.45, 7) is 2.28. The fourth-order valence-corrected chi connectivity index (χ4v) is 4.56. The first-order chi connectivity index (χ1) is 15.9. The van der Waals surface area contributed by atoms with Crippen LogP contribution in [0.15, 0.2) is 30.5 Å². The maximum atomic E-state index is 13.2. The number of carbonyl (C=O) groups excluding carboxylic acids is 3. The van der Waals surface area contributed by atoms with Gasteiger partial charge in [-0.25, -0.2) is 0 Å². The van der Waals surface area contributed by atoms with Crippen LogP contribution in [0.1, 0.15) is 62.6 Å². The first-order valence-electron chi connectivity index (χ1n) is 10.7. The van der Waals surface area contributed by atoms with Crippen LogP contribution in [0.3, 0.4) is 0 Å². The minimum atomic E-state index is -0.715. The number of aromatic amines is 1. The Kier molecular flexibility index (Phi) is 4.82. The van der Waals surface area contributed by atoms with Crippen LogP contribution in [0, 0.1) is 18.3 Å². The average molecular weight is 443 g/mol. The van der Waals surface area contributed by atoms with Crippen LogP contribution in [0.4, 0.5) is 5.69 Å². The van der Waals surface area contributed by atoms with Gasteiger partial charge in [-0.3, -0.25) is 19.5 Å². The summed E-state index contributed by atoms with van der Waals surface area (Å²) < 4.78 is 1.82. The molecule has 0 spiro atoms. The van der Waals surface area contributed by atoms with Gasteiger partial charge in [0.05, 0.1) is 22.7 Å². The summed E-state index contributed by atoms with van der Waals surface area (Å²) in [6.07, 6.45) is 4.37. The van der Waals surface area contributed by atoms with Gasteiger partial charge in [-0.05, 0) is 56.4 Å². The Morgan fingerprint density at radius 2 is 2.09 bits per heavy atom. The highest BCUT2D eigenvalue weighted by Gasteiger charge is 2.49. The van der Waals surface area contributed by atoms with Crippen LogP contribution >= 0.6 is 0 Å². The molecule has 1 aliphatic carbocycles. The van der Waals surface area contributed by atoms with Crippen LogP contribution < -0.4 is 10.6 Å². The highest BCUT2D eigenvalue weighted by molar-refractivity contribution is 6.44. The molecule has 166 valence electrons. The third-order valence-corrected chi connectivity index (χ3v) is 6.32. The Morgan fingerprint density at radius 3 is 2.79 bits per heavy atom. The van der Waals surface area contributed by atoms with E-state index in [1.807, 2.05) is 10.6 Å². The fraction of sp³-hybridized carbons (Fsp3) is 0.304. The topological polar surface area (TPSA) is 146 Å². The average Bonchev–Trinajstić information content (AvgIpc) is 3.16. The van der Waals surface area contributed by atoms with Crippen molar-refractivity contribution in [3.8, 4) is 6.07 Å². The standard InChI is InChI=1S/C23H21N7O3/c1-13-18(20(31)22(33)27-23(7-8-23)17-12-25-29-28-17)16-6-3-9-30(16)19(13)21(32)26-15-5-2-4-14(10-15)11-24/h2,4-5,10,12H,3,6-9H2,1H3,(H,26,32)(H,27,33)(H,25,28,29). The number of amides is 2. The molecule has 0 saturated heterocycles. The molecule has 5 rings (SSSR count). The number of nitrogens with one attached hydrogen (secondary N) is 3. The minimum absolute atomic E-state index is 0.289. The number of hydrogen-bond donors (Lipinski definition) is 3. The van der Waals surface area contributed by atoms with E-state index >= 15 is 0 Å². The van der Waals surface area contributed by atoms with Crippen molar-refractivity contribution in [2.24, 2.45) is 0 Å². The van der Waals surface area contributed by atoms with E-state index in [2.05, 4.69) is 26.0 Å². The van der Waals surface area contributed by atoms with Crippen molar-refractivity contribution in [1.82, 2.24) is 25.3 Å². The number of rotatable bonds is 6. The first-order valence-corrected chi connectivity index (χ1v) is 10.7. The fourth-order valence-electron chi connectivity index (χ4n) is 4.56. The summed E-state index contributed by atoms with van der Waals surface area (Å²) in [4.78, 5) is 39.3. The van der Waals surface area contributed by atoms with Crippen molar-refractivity contribution in [1.29, 1.82) is 5.26 Å². The Morgan fingerprint density at radius 1 is 1.27 bits per heavy atom. The number of H-pyrrole nitrogens is 1. The van der Waals surface area contributed by atoms with Gasteiger partial charge in [0.1, 0.15) is 11.4 Å². The van der Waals surface area contributed by atoms with Crippen LogP contribution in [0.5, 0.6) is 0 Å². The maximum Gasteiger partial charge on any atom is 0.293 e.